The number of hydrogen-bond acceptors (Lipinski definition) is 2. The van der Waals surface area contributed by atoms with Gasteiger partial charge >= 0.3 is 0 Å². The van der Waals surface area contributed by atoms with Crippen LogP contribution in [0.15, 0.2) is 18.2 Å². The van der Waals surface area contributed by atoms with E-state index in [0.717, 1.165) is 13.0 Å². The second-order valence-electron chi connectivity index (χ2n) is 4.61. The molecule has 1 aromatic rings. The fraction of sp³-hybridized carbons (Fsp3) is 0.538. The van der Waals surface area contributed by atoms with E-state index >= 15 is 0 Å². The van der Waals surface area contributed by atoms with Gasteiger partial charge in [-0.3, -0.25) is 0 Å². The summed E-state index contributed by atoms with van der Waals surface area (Å²) in [6, 6.07) is 4.29. The Labute approximate surface area is 101 Å². The van der Waals surface area contributed by atoms with Crippen LogP contribution in [0, 0.1) is 11.6 Å². The first kappa shape index (κ1) is 12.3. The predicted molar refractivity (Wildman–Crippen MR) is 65.1 cm³/mol. The van der Waals surface area contributed by atoms with E-state index < -0.39 is 11.6 Å². The van der Waals surface area contributed by atoms with E-state index in [1.807, 2.05) is 0 Å². The lowest BCUT2D eigenvalue weighted by Crippen LogP contribution is -2.40. The Hall–Kier alpha value is -1.16. The lowest BCUT2D eigenvalue weighted by Gasteiger charge is -2.32. The number of likely N-dealkylation sites (N-methyl/N-ethyl adjacent to an activating group) is 1. The third-order valence-electron chi connectivity index (χ3n) is 3.40. The van der Waals surface area contributed by atoms with E-state index in [4.69, 9.17) is 0 Å². The summed E-state index contributed by atoms with van der Waals surface area (Å²) in [5, 5.41) is 2.89. The van der Waals surface area contributed by atoms with Crippen molar-refractivity contribution in [3.63, 3.8) is 0 Å². The maximum absolute atomic E-state index is 13.4. The molecule has 0 saturated carbocycles. The van der Waals surface area contributed by atoms with Gasteiger partial charge in [-0.2, -0.15) is 0 Å². The van der Waals surface area contributed by atoms with Gasteiger partial charge in [0.25, 0.3) is 0 Å². The largest absolute Gasteiger partial charge is 0.379 e. The van der Waals surface area contributed by atoms with Crippen molar-refractivity contribution in [3.8, 4) is 0 Å². The minimum absolute atomic E-state index is 0.00789. The van der Waals surface area contributed by atoms with Gasteiger partial charge in [-0.15, -0.1) is 0 Å². The van der Waals surface area contributed by atoms with Crippen molar-refractivity contribution in [2.75, 3.05) is 25.5 Å². The van der Waals surface area contributed by atoms with Gasteiger partial charge < -0.3 is 10.2 Å². The molecule has 1 aromatic carbocycles. The summed E-state index contributed by atoms with van der Waals surface area (Å²) >= 11 is 0. The Bertz CT molecular complexity index is 361. The highest BCUT2D eigenvalue weighted by atomic mass is 19.1. The molecule has 0 spiro atoms. The Morgan fingerprint density at radius 1 is 1.29 bits per heavy atom. The maximum Gasteiger partial charge on any atom is 0.149 e. The average Bonchev–Trinajstić information content (AvgIpc) is 2.30. The summed E-state index contributed by atoms with van der Waals surface area (Å²) in [7, 11) is 2.06. The first-order valence-electron chi connectivity index (χ1n) is 6.06. The van der Waals surface area contributed by atoms with E-state index in [1.165, 1.54) is 31.0 Å². The molecule has 17 heavy (non-hydrogen) atoms. The van der Waals surface area contributed by atoms with Gasteiger partial charge in [0.05, 0.1) is 0 Å². The molecule has 4 heteroatoms. The summed E-state index contributed by atoms with van der Waals surface area (Å²) in [5.41, 5.74) is -0.00789. The van der Waals surface area contributed by atoms with Crippen LogP contribution < -0.4 is 5.32 Å². The van der Waals surface area contributed by atoms with E-state index in [9.17, 15) is 8.78 Å². The number of likely N-dealkylation sites (tertiary alicyclic amines) is 1. The first-order chi connectivity index (χ1) is 8.18. The monoisotopic (exact) mass is 240 g/mol. The fourth-order valence-corrected chi connectivity index (χ4v) is 2.29. The van der Waals surface area contributed by atoms with E-state index in [0.29, 0.717) is 12.6 Å². The van der Waals surface area contributed by atoms with Gasteiger partial charge in [0.1, 0.15) is 17.3 Å². The second-order valence-corrected chi connectivity index (χ2v) is 4.61. The van der Waals surface area contributed by atoms with Crippen LogP contribution in [0.5, 0.6) is 0 Å². The lowest BCUT2D eigenvalue weighted by atomic mass is 10.0. The fourth-order valence-electron chi connectivity index (χ4n) is 2.29. The molecule has 94 valence electrons. The van der Waals surface area contributed by atoms with Gasteiger partial charge in [-0.25, -0.2) is 8.78 Å². The van der Waals surface area contributed by atoms with Crippen LogP contribution >= 0.6 is 0 Å². The molecule has 0 aliphatic carbocycles. The molecule has 1 heterocycles. The predicted octanol–water partition coefficient (Wildman–Crippen LogP) is 2.86. The molecular formula is C13H18F2N2. The number of halogens is 2. The highest BCUT2D eigenvalue weighted by molar-refractivity contribution is 5.46. The Balaban J connectivity index is 1.97. The number of piperidine rings is 1. The third kappa shape index (κ3) is 2.94. The van der Waals surface area contributed by atoms with Crippen LogP contribution in [-0.4, -0.2) is 31.1 Å². The topological polar surface area (TPSA) is 15.3 Å². The summed E-state index contributed by atoms with van der Waals surface area (Å²) in [6.07, 6.45) is 3.48. The standard InChI is InChI=1S/C13H18F2N2/c1-17-8-3-2-5-10(17)9-16-13-11(14)6-4-7-12(13)15/h4,6-7,10,16H,2-3,5,8-9H2,1H3. The number of nitrogens with one attached hydrogen (secondary N) is 1. The quantitative estimate of drug-likeness (QED) is 0.874. The Kier molecular flexibility index (Phi) is 3.94. The zero-order valence-electron chi connectivity index (χ0n) is 10.0. The Morgan fingerprint density at radius 3 is 2.65 bits per heavy atom. The van der Waals surface area contributed by atoms with Crippen LogP contribution in [0.2, 0.25) is 0 Å². The lowest BCUT2D eigenvalue weighted by molar-refractivity contribution is 0.194. The van der Waals surface area contributed by atoms with E-state index in [1.54, 1.807) is 0 Å². The molecule has 2 rings (SSSR count). The van der Waals surface area contributed by atoms with Crippen LogP contribution in [0.1, 0.15) is 19.3 Å². The molecular weight excluding hydrogens is 222 g/mol. The number of para-hydroxylation sites is 1. The van der Waals surface area contributed by atoms with Crippen molar-refractivity contribution in [2.24, 2.45) is 0 Å². The SMILES string of the molecule is CN1CCCCC1CNc1c(F)cccc1F. The molecule has 0 amide bonds. The van der Waals surface area contributed by atoms with Gasteiger partial charge in [-0.1, -0.05) is 12.5 Å². The number of benzene rings is 1. The number of anilines is 1. The number of hydrogen-bond donors (Lipinski definition) is 1. The van der Waals surface area contributed by atoms with Gasteiger partial charge in [0.2, 0.25) is 0 Å². The summed E-state index contributed by atoms with van der Waals surface area (Å²) in [5.74, 6) is -1.05. The van der Waals surface area contributed by atoms with Gasteiger partial charge in [-0.05, 0) is 38.6 Å². The molecule has 1 saturated heterocycles. The molecule has 0 radical (unpaired) electrons. The molecule has 1 N–H and O–H groups in total. The first-order valence-corrected chi connectivity index (χ1v) is 6.06. The van der Waals surface area contributed by atoms with Crippen molar-refractivity contribution in [2.45, 2.75) is 25.3 Å². The van der Waals surface area contributed by atoms with Gasteiger partial charge in [0, 0.05) is 12.6 Å². The zero-order valence-corrected chi connectivity index (χ0v) is 10.0. The molecule has 1 unspecified atom stereocenters. The molecule has 2 nitrogen and oxygen atoms in total. The number of nitrogens with zero attached hydrogens (tertiary/aromatic N) is 1. The minimum atomic E-state index is -0.525. The van der Waals surface area contributed by atoms with Gasteiger partial charge in [0.15, 0.2) is 0 Å². The minimum Gasteiger partial charge on any atom is -0.379 e. The van der Waals surface area contributed by atoms with Crippen molar-refractivity contribution in [1.82, 2.24) is 4.90 Å². The van der Waals surface area contributed by atoms with Crippen molar-refractivity contribution >= 4 is 5.69 Å². The highest BCUT2D eigenvalue weighted by Crippen LogP contribution is 2.20. The van der Waals surface area contributed by atoms with Crippen molar-refractivity contribution in [1.29, 1.82) is 0 Å². The molecule has 1 aliphatic heterocycles. The third-order valence-corrected chi connectivity index (χ3v) is 3.40. The molecule has 0 bridgehead atoms. The van der Waals surface area contributed by atoms with Crippen molar-refractivity contribution < 1.29 is 8.78 Å². The highest BCUT2D eigenvalue weighted by Gasteiger charge is 2.19. The Morgan fingerprint density at radius 2 is 2.00 bits per heavy atom. The summed E-state index contributed by atoms with van der Waals surface area (Å²) in [4.78, 5) is 2.25. The molecule has 1 fully saturated rings. The van der Waals surface area contributed by atoms with Crippen molar-refractivity contribution in [3.05, 3.63) is 29.8 Å². The number of rotatable bonds is 3. The van der Waals surface area contributed by atoms with E-state index in [2.05, 4.69) is 17.3 Å². The zero-order chi connectivity index (χ0) is 12.3. The average molecular weight is 240 g/mol. The maximum atomic E-state index is 13.4. The van der Waals surface area contributed by atoms with Crippen LogP contribution in [0.3, 0.4) is 0 Å². The van der Waals surface area contributed by atoms with Crippen LogP contribution in [0.4, 0.5) is 14.5 Å². The van der Waals surface area contributed by atoms with Crippen LogP contribution in [0.25, 0.3) is 0 Å². The van der Waals surface area contributed by atoms with Crippen LogP contribution in [-0.2, 0) is 0 Å². The molecule has 1 aliphatic rings. The normalized spacial score (nSPS) is 21.5. The van der Waals surface area contributed by atoms with E-state index in [-0.39, 0.29) is 5.69 Å². The summed E-state index contributed by atoms with van der Waals surface area (Å²) in [6.45, 7) is 1.65. The molecule has 1 atom stereocenters. The second kappa shape index (κ2) is 5.45. The smallest absolute Gasteiger partial charge is 0.149 e. The summed E-state index contributed by atoms with van der Waals surface area (Å²) < 4.78 is 26.8. The molecule has 0 aromatic heterocycles.